The van der Waals surface area contributed by atoms with E-state index in [1.807, 2.05) is 30.3 Å². The molecule has 0 radical (unpaired) electrons. The lowest BCUT2D eigenvalue weighted by Crippen LogP contribution is -2.52. The van der Waals surface area contributed by atoms with E-state index in [0.717, 1.165) is 24.1 Å². The van der Waals surface area contributed by atoms with E-state index in [1.54, 1.807) is 0 Å². The highest BCUT2D eigenvalue weighted by molar-refractivity contribution is 5.85. The maximum absolute atomic E-state index is 12.4. The zero-order chi connectivity index (χ0) is 18.4. The van der Waals surface area contributed by atoms with Gasteiger partial charge in [0.25, 0.3) is 0 Å². The van der Waals surface area contributed by atoms with Gasteiger partial charge in [-0.2, -0.15) is 0 Å². The summed E-state index contributed by atoms with van der Waals surface area (Å²) in [6.45, 7) is 2.88. The van der Waals surface area contributed by atoms with Gasteiger partial charge in [-0.15, -0.1) is 24.8 Å². The summed E-state index contributed by atoms with van der Waals surface area (Å²) in [6.07, 6.45) is 5.02. The van der Waals surface area contributed by atoms with Gasteiger partial charge in [0.15, 0.2) is 0 Å². The number of hydrogen-bond donors (Lipinski definition) is 3. The normalized spacial score (nSPS) is 15.8. The molecule has 4 nitrogen and oxygen atoms in total. The van der Waals surface area contributed by atoms with Gasteiger partial charge in [0, 0.05) is 23.8 Å². The minimum absolute atomic E-state index is 0. The molecule has 0 saturated heterocycles. The first-order chi connectivity index (χ1) is 12.6. The number of carbonyl (C=O) groups is 1. The molecule has 154 valence electrons. The average molecular weight is 424 g/mol. The van der Waals surface area contributed by atoms with Crippen molar-refractivity contribution in [1.29, 1.82) is 0 Å². The minimum Gasteiger partial charge on any atom is -0.399 e. The molecule has 1 unspecified atom stereocenters. The Morgan fingerprint density at radius 1 is 1.04 bits per heavy atom. The number of halogens is 2. The van der Waals surface area contributed by atoms with E-state index in [-0.39, 0.29) is 42.3 Å². The lowest BCUT2D eigenvalue weighted by Gasteiger charge is -2.34. The van der Waals surface area contributed by atoms with Gasteiger partial charge in [0.2, 0.25) is 5.91 Å². The number of nitrogen functional groups attached to an aromatic ring is 1. The van der Waals surface area contributed by atoms with Crippen LogP contribution >= 0.6 is 24.8 Å². The standard InChI is InChI=1S/C22H29N3O.2ClH/c1-17(19-7-3-2-4-8-19)25-22(13-5-6-14-22)16-24-21(26)15-18-9-11-20(23)12-10-18;;/h2-4,7-12,17,25H,5-6,13-16,23H2,1H3,(H,24,26);2*1H. The molecule has 6 heteroatoms. The van der Waals surface area contributed by atoms with Crippen LogP contribution in [0.25, 0.3) is 0 Å². The van der Waals surface area contributed by atoms with Gasteiger partial charge in [0.1, 0.15) is 0 Å². The number of hydrogen-bond acceptors (Lipinski definition) is 3. The van der Waals surface area contributed by atoms with Gasteiger partial charge in [-0.3, -0.25) is 4.79 Å². The number of nitrogens with one attached hydrogen (secondary N) is 2. The molecule has 28 heavy (non-hydrogen) atoms. The highest BCUT2D eigenvalue weighted by Crippen LogP contribution is 2.31. The van der Waals surface area contributed by atoms with Crippen molar-refractivity contribution >= 4 is 36.4 Å². The second-order valence-electron chi connectivity index (χ2n) is 7.46. The third kappa shape index (κ3) is 6.69. The molecule has 1 fully saturated rings. The van der Waals surface area contributed by atoms with E-state index < -0.39 is 0 Å². The first kappa shape index (κ1) is 24.3. The number of rotatable bonds is 7. The summed E-state index contributed by atoms with van der Waals surface area (Å²) in [5.74, 6) is 0.0650. The van der Waals surface area contributed by atoms with E-state index in [9.17, 15) is 4.79 Å². The van der Waals surface area contributed by atoms with Crippen molar-refractivity contribution in [3.8, 4) is 0 Å². The lowest BCUT2D eigenvalue weighted by molar-refractivity contribution is -0.120. The molecular formula is C22H31Cl2N3O. The first-order valence-electron chi connectivity index (χ1n) is 9.50. The molecule has 0 spiro atoms. The topological polar surface area (TPSA) is 67.1 Å². The van der Waals surface area contributed by atoms with Crippen molar-refractivity contribution < 1.29 is 4.79 Å². The van der Waals surface area contributed by atoms with Crippen molar-refractivity contribution in [1.82, 2.24) is 10.6 Å². The second kappa shape index (κ2) is 11.3. The fourth-order valence-corrected chi connectivity index (χ4v) is 3.86. The summed E-state index contributed by atoms with van der Waals surface area (Å²) in [5.41, 5.74) is 8.69. The number of amides is 1. The van der Waals surface area contributed by atoms with E-state index in [4.69, 9.17) is 5.73 Å². The van der Waals surface area contributed by atoms with Crippen LogP contribution in [0.3, 0.4) is 0 Å². The molecule has 1 aliphatic rings. The molecular weight excluding hydrogens is 393 g/mol. The fourth-order valence-electron chi connectivity index (χ4n) is 3.86. The summed E-state index contributed by atoms with van der Waals surface area (Å²) >= 11 is 0. The molecule has 4 N–H and O–H groups in total. The van der Waals surface area contributed by atoms with E-state index >= 15 is 0 Å². The Kier molecular flexibility index (Phi) is 9.80. The van der Waals surface area contributed by atoms with Crippen molar-refractivity contribution in [3.63, 3.8) is 0 Å². The third-order valence-electron chi connectivity index (χ3n) is 5.35. The Bertz CT molecular complexity index is 716. The molecule has 2 aromatic carbocycles. The quantitative estimate of drug-likeness (QED) is 0.576. The van der Waals surface area contributed by atoms with Crippen molar-refractivity contribution in [2.75, 3.05) is 12.3 Å². The Labute approximate surface area is 180 Å². The SMILES string of the molecule is CC(NC1(CNC(=O)Cc2ccc(N)cc2)CCCC1)c1ccccc1.Cl.Cl. The lowest BCUT2D eigenvalue weighted by atomic mass is 9.94. The second-order valence-corrected chi connectivity index (χ2v) is 7.46. The number of benzene rings is 2. The van der Waals surface area contributed by atoms with Crippen molar-refractivity contribution in [2.24, 2.45) is 0 Å². The van der Waals surface area contributed by atoms with Gasteiger partial charge >= 0.3 is 0 Å². The predicted molar refractivity (Wildman–Crippen MR) is 121 cm³/mol. The molecule has 0 aliphatic heterocycles. The van der Waals surface area contributed by atoms with Gasteiger partial charge in [0.05, 0.1) is 6.42 Å². The Balaban J connectivity index is 0.00000196. The molecule has 1 atom stereocenters. The van der Waals surface area contributed by atoms with Crippen LogP contribution in [0.4, 0.5) is 5.69 Å². The van der Waals surface area contributed by atoms with Gasteiger partial charge in [-0.25, -0.2) is 0 Å². The summed E-state index contributed by atoms with van der Waals surface area (Å²) in [4.78, 5) is 12.4. The van der Waals surface area contributed by atoms with Crippen LogP contribution in [0.15, 0.2) is 54.6 Å². The zero-order valence-electron chi connectivity index (χ0n) is 16.3. The Hall–Kier alpha value is -1.75. The molecule has 2 aromatic rings. The third-order valence-corrected chi connectivity index (χ3v) is 5.35. The predicted octanol–water partition coefficient (Wildman–Crippen LogP) is 4.43. The highest BCUT2D eigenvalue weighted by atomic mass is 35.5. The molecule has 1 aliphatic carbocycles. The van der Waals surface area contributed by atoms with Gasteiger partial charge in [-0.05, 0) is 43.0 Å². The average Bonchev–Trinajstić information content (AvgIpc) is 3.11. The Morgan fingerprint density at radius 3 is 2.25 bits per heavy atom. The van der Waals surface area contributed by atoms with E-state index in [1.165, 1.54) is 18.4 Å². The van der Waals surface area contributed by atoms with Crippen molar-refractivity contribution in [2.45, 2.75) is 50.6 Å². The number of anilines is 1. The largest absolute Gasteiger partial charge is 0.399 e. The maximum Gasteiger partial charge on any atom is 0.224 e. The summed E-state index contributed by atoms with van der Waals surface area (Å²) in [7, 11) is 0. The first-order valence-corrected chi connectivity index (χ1v) is 9.50. The number of nitrogens with two attached hydrogens (primary N) is 1. The maximum atomic E-state index is 12.4. The smallest absolute Gasteiger partial charge is 0.224 e. The zero-order valence-corrected chi connectivity index (χ0v) is 18.0. The van der Waals surface area contributed by atoms with E-state index in [2.05, 4.69) is 41.8 Å². The van der Waals surface area contributed by atoms with E-state index in [0.29, 0.717) is 13.0 Å². The molecule has 3 rings (SSSR count). The van der Waals surface area contributed by atoms with Crippen LogP contribution < -0.4 is 16.4 Å². The molecule has 1 amide bonds. The molecule has 0 bridgehead atoms. The molecule has 0 heterocycles. The van der Waals surface area contributed by atoms with Crippen LogP contribution in [-0.2, 0) is 11.2 Å². The summed E-state index contributed by atoms with van der Waals surface area (Å²) in [5, 5.41) is 6.96. The number of carbonyl (C=O) groups excluding carboxylic acids is 1. The van der Waals surface area contributed by atoms with Crippen LogP contribution in [0, 0.1) is 0 Å². The van der Waals surface area contributed by atoms with Crippen LogP contribution in [0.1, 0.15) is 49.8 Å². The molecule has 0 aromatic heterocycles. The minimum atomic E-state index is -0.00790. The summed E-state index contributed by atoms with van der Waals surface area (Å²) < 4.78 is 0. The summed E-state index contributed by atoms with van der Waals surface area (Å²) in [6, 6.07) is 18.3. The highest BCUT2D eigenvalue weighted by Gasteiger charge is 2.35. The van der Waals surface area contributed by atoms with Crippen LogP contribution in [0.2, 0.25) is 0 Å². The van der Waals surface area contributed by atoms with Crippen LogP contribution in [-0.4, -0.2) is 18.0 Å². The molecule has 1 saturated carbocycles. The van der Waals surface area contributed by atoms with Gasteiger partial charge < -0.3 is 16.4 Å². The Morgan fingerprint density at radius 2 is 1.64 bits per heavy atom. The monoisotopic (exact) mass is 423 g/mol. The van der Waals surface area contributed by atoms with Gasteiger partial charge in [-0.1, -0.05) is 55.3 Å². The fraction of sp³-hybridized carbons (Fsp3) is 0.409. The van der Waals surface area contributed by atoms with Crippen molar-refractivity contribution in [3.05, 3.63) is 65.7 Å². The van der Waals surface area contributed by atoms with Crippen LogP contribution in [0.5, 0.6) is 0 Å².